The fraction of sp³-hybridized carbons (Fsp3) is 0.143. The lowest BCUT2D eigenvalue weighted by Gasteiger charge is -2.06. The molecule has 0 saturated heterocycles. The van der Waals surface area contributed by atoms with Gasteiger partial charge in [0.25, 0.3) is 5.69 Å². The lowest BCUT2D eigenvalue weighted by Crippen LogP contribution is -2.02. The van der Waals surface area contributed by atoms with E-state index in [4.69, 9.17) is 10.00 Å². The van der Waals surface area contributed by atoms with Crippen LogP contribution >= 0.6 is 0 Å². The minimum atomic E-state index is -0.555. The van der Waals surface area contributed by atoms with Gasteiger partial charge in [-0.05, 0) is 5.56 Å². The molecule has 0 atom stereocenters. The third kappa shape index (κ3) is 3.29. The number of hydrogen-bond donors (Lipinski definition) is 0. The van der Waals surface area contributed by atoms with E-state index in [0.29, 0.717) is 6.61 Å². The third-order valence-corrected chi connectivity index (χ3v) is 2.60. The summed E-state index contributed by atoms with van der Waals surface area (Å²) in [5.74, 6) is 0.268. The number of aromatic nitrogens is 1. The van der Waals surface area contributed by atoms with Crippen LogP contribution in [0, 0.1) is 21.4 Å². The molecule has 0 unspecified atom stereocenters. The Labute approximate surface area is 115 Å². The van der Waals surface area contributed by atoms with Gasteiger partial charge < -0.3 is 4.74 Å². The predicted octanol–water partition coefficient (Wildman–Crippen LogP) is 2.63. The molecule has 6 heteroatoms. The average Bonchev–Trinajstić information content (AvgIpc) is 2.46. The molecule has 1 aromatic heterocycles. The molecule has 0 bridgehead atoms. The number of nitriles is 1. The van der Waals surface area contributed by atoms with Crippen molar-refractivity contribution in [2.45, 2.75) is 13.0 Å². The van der Waals surface area contributed by atoms with Gasteiger partial charge in [-0.25, -0.2) is 4.98 Å². The van der Waals surface area contributed by atoms with Crippen LogP contribution in [-0.2, 0) is 13.0 Å². The van der Waals surface area contributed by atoms with Gasteiger partial charge in [0, 0.05) is 12.1 Å². The number of ether oxygens (including phenoxy) is 1. The molecule has 0 aliphatic carbocycles. The van der Waals surface area contributed by atoms with Crippen molar-refractivity contribution in [2.24, 2.45) is 0 Å². The lowest BCUT2D eigenvalue weighted by atomic mass is 10.2. The van der Waals surface area contributed by atoms with Gasteiger partial charge in [0.15, 0.2) is 0 Å². The van der Waals surface area contributed by atoms with Crippen molar-refractivity contribution in [3.8, 4) is 11.9 Å². The molecular weight excluding hydrogens is 258 g/mol. The van der Waals surface area contributed by atoms with E-state index in [1.165, 1.54) is 12.1 Å². The van der Waals surface area contributed by atoms with Gasteiger partial charge in [-0.2, -0.15) is 5.26 Å². The van der Waals surface area contributed by atoms with Gasteiger partial charge in [0.1, 0.15) is 12.3 Å². The maximum absolute atomic E-state index is 10.8. The van der Waals surface area contributed by atoms with Crippen molar-refractivity contribution < 1.29 is 9.66 Å². The van der Waals surface area contributed by atoms with Crippen LogP contribution in [0.1, 0.15) is 11.3 Å². The fourth-order valence-electron chi connectivity index (χ4n) is 1.66. The zero-order chi connectivity index (χ0) is 14.4. The van der Waals surface area contributed by atoms with Gasteiger partial charge in [-0.1, -0.05) is 30.3 Å². The molecule has 2 aromatic rings. The first-order valence-corrected chi connectivity index (χ1v) is 5.88. The van der Waals surface area contributed by atoms with Crippen LogP contribution in [0.5, 0.6) is 5.88 Å². The summed E-state index contributed by atoms with van der Waals surface area (Å²) in [5, 5.41) is 19.5. The summed E-state index contributed by atoms with van der Waals surface area (Å²) in [7, 11) is 0. The molecule has 100 valence electrons. The van der Waals surface area contributed by atoms with Crippen LogP contribution < -0.4 is 4.74 Å². The summed E-state index contributed by atoms with van der Waals surface area (Å²) >= 11 is 0. The number of hydrogen-bond acceptors (Lipinski definition) is 5. The van der Waals surface area contributed by atoms with E-state index in [-0.39, 0.29) is 23.7 Å². The molecule has 0 spiro atoms. The summed E-state index contributed by atoms with van der Waals surface area (Å²) < 4.78 is 5.47. The number of benzene rings is 1. The van der Waals surface area contributed by atoms with Gasteiger partial charge in [0.2, 0.25) is 5.88 Å². The number of rotatable bonds is 5. The minimum absolute atomic E-state index is 0.114. The van der Waals surface area contributed by atoms with E-state index in [1.54, 1.807) is 0 Å². The molecule has 0 saturated carbocycles. The molecule has 0 radical (unpaired) electrons. The molecule has 2 rings (SSSR count). The van der Waals surface area contributed by atoms with Crippen molar-refractivity contribution in [2.75, 3.05) is 0 Å². The monoisotopic (exact) mass is 269 g/mol. The molecule has 0 aliphatic heterocycles. The molecular formula is C14H11N3O3. The summed E-state index contributed by atoms with van der Waals surface area (Å²) in [6.07, 6.45) is -0.126. The summed E-state index contributed by atoms with van der Waals surface area (Å²) in [5.41, 5.74) is 0.913. The zero-order valence-corrected chi connectivity index (χ0v) is 10.5. The summed E-state index contributed by atoms with van der Waals surface area (Å²) in [6, 6.07) is 14.1. The van der Waals surface area contributed by atoms with Crippen molar-refractivity contribution in [1.82, 2.24) is 4.98 Å². The fourth-order valence-corrected chi connectivity index (χ4v) is 1.66. The lowest BCUT2D eigenvalue weighted by molar-refractivity contribution is -0.385. The van der Waals surface area contributed by atoms with Crippen LogP contribution in [0.4, 0.5) is 5.69 Å². The molecule has 0 amide bonds. The highest BCUT2D eigenvalue weighted by atomic mass is 16.6. The molecule has 0 aliphatic rings. The van der Waals surface area contributed by atoms with Crippen molar-refractivity contribution >= 4 is 5.69 Å². The number of nitrogens with zero attached hydrogens (tertiary/aromatic N) is 3. The van der Waals surface area contributed by atoms with Crippen molar-refractivity contribution in [3.63, 3.8) is 0 Å². The zero-order valence-electron chi connectivity index (χ0n) is 10.5. The molecule has 0 N–H and O–H groups in total. The molecule has 1 aromatic carbocycles. The Balaban J connectivity index is 2.15. The maximum Gasteiger partial charge on any atom is 0.292 e. The average molecular weight is 269 g/mol. The first-order chi connectivity index (χ1) is 9.70. The van der Waals surface area contributed by atoms with Gasteiger partial charge >= 0.3 is 0 Å². The second kappa shape index (κ2) is 6.29. The van der Waals surface area contributed by atoms with Crippen LogP contribution in [0.3, 0.4) is 0 Å². The Morgan fingerprint density at radius 3 is 2.65 bits per heavy atom. The minimum Gasteiger partial charge on any atom is -0.473 e. The smallest absolute Gasteiger partial charge is 0.292 e. The van der Waals surface area contributed by atoms with Crippen LogP contribution in [0.15, 0.2) is 42.5 Å². The van der Waals surface area contributed by atoms with Crippen LogP contribution in [0.25, 0.3) is 0 Å². The highest BCUT2D eigenvalue weighted by molar-refractivity contribution is 5.39. The van der Waals surface area contributed by atoms with E-state index >= 15 is 0 Å². The third-order valence-electron chi connectivity index (χ3n) is 2.60. The van der Waals surface area contributed by atoms with E-state index < -0.39 is 4.92 Å². The largest absolute Gasteiger partial charge is 0.473 e. The highest BCUT2D eigenvalue weighted by Crippen LogP contribution is 2.21. The molecule has 1 heterocycles. The van der Waals surface area contributed by atoms with E-state index in [0.717, 1.165) is 5.56 Å². The first-order valence-electron chi connectivity index (χ1n) is 5.88. The van der Waals surface area contributed by atoms with Crippen LogP contribution in [0.2, 0.25) is 0 Å². The second-order valence-electron chi connectivity index (χ2n) is 3.98. The Kier molecular flexibility index (Phi) is 4.24. The van der Waals surface area contributed by atoms with Crippen molar-refractivity contribution in [3.05, 3.63) is 63.8 Å². The molecule has 0 fully saturated rings. The van der Waals surface area contributed by atoms with Gasteiger partial charge in [-0.15, -0.1) is 0 Å². The summed E-state index contributed by atoms with van der Waals surface area (Å²) in [4.78, 5) is 14.3. The van der Waals surface area contributed by atoms with Crippen molar-refractivity contribution in [1.29, 1.82) is 5.26 Å². The Bertz CT molecular complexity index is 650. The summed E-state index contributed by atoms with van der Waals surface area (Å²) in [6.45, 7) is 0.317. The first kappa shape index (κ1) is 13.5. The van der Waals surface area contributed by atoms with Gasteiger partial charge in [0.05, 0.1) is 17.4 Å². The van der Waals surface area contributed by atoms with E-state index in [1.807, 2.05) is 36.4 Å². The predicted molar refractivity (Wildman–Crippen MR) is 71.0 cm³/mol. The van der Waals surface area contributed by atoms with E-state index in [9.17, 15) is 10.1 Å². The molecule has 6 nitrogen and oxygen atoms in total. The topological polar surface area (TPSA) is 89.0 Å². The number of nitro groups is 1. The Hall–Kier alpha value is -2.94. The molecule has 20 heavy (non-hydrogen) atoms. The quantitative estimate of drug-likeness (QED) is 0.614. The Morgan fingerprint density at radius 2 is 2.00 bits per heavy atom. The van der Waals surface area contributed by atoms with E-state index in [2.05, 4.69) is 4.98 Å². The number of pyridine rings is 1. The Morgan fingerprint density at radius 1 is 1.25 bits per heavy atom. The standard InChI is InChI=1S/C14H11N3O3/c15-9-8-12-13(17(18)19)6-7-14(16-12)20-10-11-4-2-1-3-5-11/h1-7H,8,10H2. The van der Waals surface area contributed by atoms with Gasteiger partial charge in [-0.3, -0.25) is 10.1 Å². The maximum atomic E-state index is 10.8. The van der Waals surface area contributed by atoms with Crippen LogP contribution in [-0.4, -0.2) is 9.91 Å². The SMILES string of the molecule is N#CCc1nc(OCc2ccccc2)ccc1[N+](=O)[O-]. The highest BCUT2D eigenvalue weighted by Gasteiger charge is 2.16. The normalized spacial score (nSPS) is 9.75. The second-order valence-corrected chi connectivity index (χ2v) is 3.98.